The van der Waals surface area contributed by atoms with Gasteiger partial charge in [0.2, 0.25) is 0 Å². The zero-order valence-corrected chi connectivity index (χ0v) is 8.09. The molecule has 0 unspecified atom stereocenters. The van der Waals surface area contributed by atoms with Crippen molar-refractivity contribution in [2.75, 3.05) is 0 Å². The lowest BCUT2D eigenvalue weighted by atomic mass is 10.0. The van der Waals surface area contributed by atoms with E-state index in [9.17, 15) is 0 Å². The predicted octanol–water partition coefficient (Wildman–Crippen LogP) is 3.63. The zero-order chi connectivity index (χ0) is 8.97. The van der Waals surface area contributed by atoms with E-state index in [1.54, 1.807) is 0 Å². The van der Waals surface area contributed by atoms with E-state index < -0.39 is 0 Å². The average molecular weight is 160 g/mol. The van der Waals surface area contributed by atoms with Crippen molar-refractivity contribution in [3.05, 3.63) is 41.2 Å². The van der Waals surface area contributed by atoms with Crippen LogP contribution in [0, 0.1) is 5.92 Å². The molecule has 1 rings (SSSR count). The summed E-state index contributed by atoms with van der Waals surface area (Å²) in [6.45, 7) is 6.57. The maximum absolute atomic E-state index is 3.24. The van der Waals surface area contributed by atoms with Gasteiger partial charge in [-0.1, -0.05) is 39.0 Å². The largest absolute Gasteiger partial charge is 0.117 e. The lowest BCUT2D eigenvalue weighted by Gasteiger charge is -2.03. The van der Waals surface area contributed by atoms with E-state index >= 15 is 0 Å². The topological polar surface area (TPSA) is 0 Å². The van der Waals surface area contributed by atoms with Crippen molar-refractivity contribution < 1.29 is 0 Å². The van der Waals surface area contributed by atoms with E-state index in [0.29, 0.717) is 5.92 Å². The molecule has 1 aliphatic carbocycles. The van der Waals surface area contributed by atoms with Crippen LogP contribution in [0.4, 0.5) is 0 Å². The van der Waals surface area contributed by atoms with Crippen molar-refractivity contribution >= 4 is 0 Å². The lowest BCUT2D eigenvalue weighted by molar-refractivity contribution is 0.792. The van der Waals surface area contributed by atoms with Crippen LogP contribution < -0.4 is 0 Å². The van der Waals surface area contributed by atoms with Crippen molar-refractivity contribution in [3.8, 4) is 0 Å². The molecule has 0 bridgehead atoms. The molecular formula is C12H16. The summed E-state index contributed by atoms with van der Waals surface area (Å²) in [5, 5.41) is 0. The van der Waals surface area contributed by atoms with Gasteiger partial charge in [-0.15, -0.1) is 5.73 Å². The lowest BCUT2D eigenvalue weighted by Crippen LogP contribution is -1.88. The molecule has 0 aliphatic heterocycles. The second kappa shape index (κ2) is 4.13. The molecule has 0 fully saturated rings. The van der Waals surface area contributed by atoms with Gasteiger partial charge in [0, 0.05) is 0 Å². The third kappa shape index (κ3) is 2.25. The molecule has 0 saturated heterocycles. The second-order valence-corrected chi connectivity index (χ2v) is 3.34. The zero-order valence-electron chi connectivity index (χ0n) is 8.09. The van der Waals surface area contributed by atoms with Gasteiger partial charge in [-0.3, -0.25) is 0 Å². The Hall–Kier alpha value is -1.00. The Morgan fingerprint density at radius 1 is 1.33 bits per heavy atom. The van der Waals surface area contributed by atoms with Gasteiger partial charge in [0.1, 0.15) is 0 Å². The standard InChI is InChI=1S/C12H16/c1-4-11-6-5-7-12(9-8-11)10(2)3/h5,7-10H,4H2,1-3H3. The number of allylic oxidation sites excluding steroid dienone is 5. The second-order valence-electron chi connectivity index (χ2n) is 3.34. The van der Waals surface area contributed by atoms with Crippen LogP contribution in [0.1, 0.15) is 27.2 Å². The van der Waals surface area contributed by atoms with Crippen LogP contribution in [-0.2, 0) is 0 Å². The minimum Gasteiger partial charge on any atom is -0.117 e. The van der Waals surface area contributed by atoms with Gasteiger partial charge < -0.3 is 0 Å². The van der Waals surface area contributed by atoms with E-state index in [2.05, 4.69) is 44.7 Å². The quantitative estimate of drug-likeness (QED) is 0.541. The Balaban J connectivity index is 2.83. The molecule has 0 heteroatoms. The molecule has 0 saturated carbocycles. The molecular weight excluding hydrogens is 144 g/mol. The van der Waals surface area contributed by atoms with E-state index in [1.807, 2.05) is 6.08 Å². The first-order chi connectivity index (χ1) is 5.74. The average Bonchev–Trinajstić information content (AvgIpc) is 2.28. The Labute approximate surface area is 75.0 Å². The van der Waals surface area contributed by atoms with E-state index in [1.165, 1.54) is 11.1 Å². The summed E-state index contributed by atoms with van der Waals surface area (Å²) in [5.41, 5.74) is 5.90. The van der Waals surface area contributed by atoms with E-state index in [0.717, 1.165) is 6.42 Å². The maximum Gasteiger partial charge on any atom is -0.00630 e. The van der Waals surface area contributed by atoms with Gasteiger partial charge in [-0.25, -0.2) is 0 Å². The number of rotatable bonds is 2. The summed E-state index contributed by atoms with van der Waals surface area (Å²) in [4.78, 5) is 0. The Morgan fingerprint density at radius 2 is 2.08 bits per heavy atom. The van der Waals surface area contributed by atoms with Gasteiger partial charge >= 0.3 is 0 Å². The van der Waals surface area contributed by atoms with Gasteiger partial charge in [-0.2, -0.15) is 0 Å². The summed E-state index contributed by atoms with van der Waals surface area (Å²) in [6, 6.07) is 0. The molecule has 0 radical (unpaired) electrons. The highest BCUT2D eigenvalue weighted by Gasteiger charge is 1.99. The molecule has 0 aromatic carbocycles. The van der Waals surface area contributed by atoms with Gasteiger partial charge in [0.05, 0.1) is 0 Å². The molecule has 0 spiro atoms. The fourth-order valence-electron chi connectivity index (χ4n) is 1.15. The van der Waals surface area contributed by atoms with Crippen molar-refractivity contribution in [2.45, 2.75) is 27.2 Å². The minimum absolute atomic E-state index is 0.607. The van der Waals surface area contributed by atoms with Crippen molar-refractivity contribution in [1.29, 1.82) is 0 Å². The van der Waals surface area contributed by atoms with Gasteiger partial charge in [-0.05, 0) is 29.6 Å². The van der Waals surface area contributed by atoms with Gasteiger partial charge in [0.15, 0.2) is 0 Å². The predicted molar refractivity (Wildman–Crippen MR) is 53.9 cm³/mol. The molecule has 0 aromatic heterocycles. The highest BCUT2D eigenvalue weighted by atomic mass is 14.0. The van der Waals surface area contributed by atoms with Crippen LogP contribution in [0.2, 0.25) is 0 Å². The van der Waals surface area contributed by atoms with Crippen molar-refractivity contribution in [2.24, 2.45) is 5.92 Å². The molecule has 0 heterocycles. The van der Waals surface area contributed by atoms with Crippen LogP contribution in [-0.4, -0.2) is 0 Å². The normalized spacial score (nSPS) is 16.0. The highest BCUT2D eigenvalue weighted by molar-refractivity contribution is 5.34. The summed E-state index contributed by atoms with van der Waals surface area (Å²) >= 11 is 0. The first-order valence-corrected chi connectivity index (χ1v) is 4.58. The molecule has 0 nitrogen and oxygen atoms in total. The molecule has 12 heavy (non-hydrogen) atoms. The molecule has 1 aliphatic rings. The monoisotopic (exact) mass is 160 g/mol. The van der Waals surface area contributed by atoms with Crippen LogP contribution in [0.25, 0.3) is 0 Å². The Bertz CT molecular complexity index is 268. The number of hydrogen-bond acceptors (Lipinski definition) is 0. The van der Waals surface area contributed by atoms with E-state index in [4.69, 9.17) is 0 Å². The summed E-state index contributed by atoms with van der Waals surface area (Å²) in [6.07, 6.45) is 9.58. The summed E-state index contributed by atoms with van der Waals surface area (Å²) < 4.78 is 0. The van der Waals surface area contributed by atoms with Crippen LogP contribution in [0.5, 0.6) is 0 Å². The molecule has 64 valence electrons. The Morgan fingerprint density at radius 3 is 2.67 bits per heavy atom. The molecule has 0 aromatic rings. The third-order valence-electron chi connectivity index (χ3n) is 2.07. The smallest absolute Gasteiger partial charge is 0.00630 e. The fourth-order valence-corrected chi connectivity index (χ4v) is 1.15. The summed E-state index contributed by atoms with van der Waals surface area (Å²) in [7, 11) is 0. The SMILES string of the molecule is CCC1=C=CC=C(C(C)C)C=C1. The minimum atomic E-state index is 0.607. The number of hydrogen-bond donors (Lipinski definition) is 0. The highest BCUT2D eigenvalue weighted by Crippen LogP contribution is 2.15. The van der Waals surface area contributed by atoms with Crippen molar-refractivity contribution in [3.63, 3.8) is 0 Å². The molecule has 0 atom stereocenters. The first-order valence-electron chi connectivity index (χ1n) is 4.58. The molecule has 0 amide bonds. The van der Waals surface area contributed by atoms with Gasteiger partial charge in [0.25, 0.3) is 0 Å². The third-order valence-corrected chi connectivity index (χ3v) is 2.07. The van der Waals surface area contributed by atoms with Crippen LogP contribution >= 0.6 is 0 Å². The van der Waals surface area contributed by atoms with E-state index in [-0.39, 0.29) is 0 Å². The van der Waals surface area contributed by atoms with Crippen molar-refractivity contribution in [1.82, 2.24) is 0 Å². The van der Waals surface area contributed by atoms with Crippen LogP contribution in [0.3, 0.4) is 0 Å². The fraction of sp³-hybridized carbons (Fsp3) is 0.417. The Kier molecular flexibility index (Phi) is 3.13. The first kappa shape index (κ1) is 9.09. The maximum atomic E-state index is 3.24. The summed E-state index contributed by atoms with van der Waals surface area (Å²) in [5.74, 6) is 0.607. The van der Waals surface area contributed by atoms with Crippen LogP contribution in [0.15, 0.2) is 41.2 Å². The molecule has 0 N–H and O–H groups in total.